The molecule has 1 saturated carbocycles. The summed E-state index contributed by atoms with van der Waals surface area (Å²) in [7, 11) is 0. The van der Waals surface area contributed by atoms with Gasteiger partial charge in [0.05, 0.1) is 17.8 Å². The van der Waals surface area contributed by atoms with E-state index in [1.807, 2.05) is 12.3 Å². The van der Waals surface area contributed by atoms with Gasteiger partial charge < -0.3 is 14.8 Å². The van der Waals surface area contributed by atoms with E-state index in [1.165, 1.54) is 60.2 Å². The summed E-state index contributed by atoms with van der Waals surface area (Å²) < 4.78 is 2.60. The SMILES string of the molecule is Cc1cc(C)cc(N2C(=S)N[C@@H](c3ccccn3)[C@H]2c2cc(C)n(C3CCCCC3)c2C)c1. The van der Waals surface area contributed by atoms with Crippen molar-refractivity contribution in [3.63, 3.8) is 0 Å². The summed E-state index contributed by atoms with van der Waals surface area (Å²) in [5, 5.41) is 4.39. The third-order valence-electron chi connectivity index (χ3n) is 7.36. The summed E-state index contributed by atoms with van der Waals surface area (Å²) in [5.41, 5.74) is 8.75. The van der Waals surface area contributed by atoms with E-state index in [0.717, 1.165) is 16.5 Å². The van der Waals surface area contributed by atoms with Gasteiger partial charge >= 0.3 is 0 Å². The maximum Gasteiger partial charge on any atom is 0.174 e. The van der Waals surface area contributed by atoms with Gasteiger partial charge in [0.15, 0.2) is 5.11 Å². The van der Waals surface area contributed by atoms with Crippen LogP contribution < -0.4 is 10.2 Å². The first kappa shape index (κ1) is 22.1. The zero-order valence-electron chi connectivity index (χ0n) is 20.1. The van der Waals surface area contributed by atoms with Crippen LogP contribution in [0.25, 0.3) is 0 Å². The van der Waals surface area contributed by atoms with Crippen LogP contribution in [-0.4, -0.2) is 14.7 Å². The zero-order chi connectivity index (χ0) is 23.1. The van der Waals surface area contributed by atoms with Crippen molar-refractivity contribution in [2.75, 3.05) is 4.90 Å². The summed E-state index contributed by atoms with van der Waals surface area (Å²) in [6, 6.07) is 15.9. The number of aryl methyl sites for hydroxylation is 3. The minimum atomic E-state index is -0.000163. The van der Waals surface area contributed by atoms with Crippen molar-refractivity contribution >= 4 is 23.0 Å². The molecule has 2 atom stereocenters. The topological polar surface area (TPSA) is 33.1 Å². The van der Waals surface area contributed by atoms with Crippen LogP contribution in [0.1, 0.15) is 84.0 Å². The van der Waals surface area contributed by atoms with Crippen LogP contribution in [0.2, 0.25) is 0 Å². The number of thiocarbonyl (C=S) groups is 1. The zero-order valence-corrected chi connectivity index (χ0v) is 21.0. The normalized spacial score (nSPS) is 21.5. The van der Waals surface area contributed by atoms with Gasteiger partial charge in [0, 0.05) is 29.3 Å². The van der Waals surface area contributed by atoms with Gasteiger partial charge in [-0.2, -0.15) is 0 Å². The lowest BCUT2D eigenvalue weighted by Crippen LogP contribution is -2.29. The fourth-order valence-corrected chi connectivity index (χ4v) is 6.39. The highest BCUT2D eigenvalue weighted by molar-refractivity contribution is 7.80. The number of rotatable bonds is 4. The Bertz CT molecular complexity index is 1140. The Morgan fingerprint density at radius 3 is 2.33 bits per heavy atom. The predicted octanol–water partition coefficient (Wildman–Crippen LogP) is 6.80. The molecule has 0 amide bonds. The van der Waals surface area contributed by atoms with E-state index in [-0.39, 0.29) is 12.1 Å². The summed E-state index contributed by atoms with van der Waals surface area (Å²) >= 11 is 5.95. The van der Waals surface area contributed by atoms with Crippen LogP contribution in [0.4, 0.5) is 5.69 Å². The first-order valence-corrected chi connectivity index (χ1v) is 12.6. The van der Waals surface area contributed by atoms with E-state index in [9.17, 15) is 0 Å². The monoisotopic (exact) mass is 458 g/mol. The molecule has 33 heavy (non-hydrogen) atoms. The Morgan fingerprint density at radius 1 is 0.939 bits per heavy atom. The minimum Gasteiger partial charge on any atom is -0.351 e. The number of hydrogen-bond donors (Lipinski definition) is 1. The second kappa shape index (κ2) is 8.94. The van der Waals surface area contributed by atoms with Gasteiger partial charge in [-0.1, -0.05) is 31.4 Å². The number of nitrogens with zero attached hydrogens (tertiary/aromatic N) is 3. The molecule has 2 aliphatic rings. The Hall–Kier alpha value is -2.66. The molecule has 172 valence electrons. The molecule has 2 fully saturated rings. The average molecular weight is 459 g/mol. The summed E-state index contributed by atoms with van der Waals surface area (Å²) in [4.78, 5) is 7.05. The molecule has 3 heterocycles. The van der Waals surface area contributed by atoms with Gasteiger partial charge in [-0.3, -0.25) is 4.98 Å². The van der Waals surface area contributed by atoms with E-state index in [1.54, 1.807) is 0 Å². The molecule has 0 spiro atoms. The van der Waals surface area contributed by atoms with Gasteiger partial charge in [-0.05, 0) is 99.8 Å². The van der Waals surface area contributed by atoms with Gasteiger partial charge in [0.2, 0.25) is 0 Å². The standard InChI is InChI=1S/C28H34N4S/c1-18-14-19(2)16-23(15-18)32-27(26(30-28(32)33)25-12-8-9-13-29-25)24-17-20(3)31(21(24)4)22-10-6-5-7-11-22/h8-9,12-17,22,26-27H,5-7,10-11H2,1-4H3,(H,30,33)/t26-,27+/m0/s1. The van der Waals surface area contributed by atoms with Crippen LogP contribution in [0.5, 0.6) is 0 Å². The van der Waals surface area contributed by atoms with Crippen LogP contribution in [0.15, 0.2) is 48.7 Å². The first-order valence-electron chi connectivity index (χ1n) is 12.2. The second-order valence-corrected chi connectivity index (χ2v) is 10.2. The fraction of sp³-hybridized carbons (Fsp3) is 0.429. The third-order valence-corrected chi connectivity index (χ3v) is 7.68. The number of anilines is 1. The van der Waals surface area contributed by atoms with Gasteiger partial charge in [-0.25, -0.2) is 0 Å². The summed E-state index contributed by atoms with van der Waals surface area (Å²) in [6.45, 7) is 8.88. The second-order valence-electron chi connectivity index (χ2n) is 9.83. The lowest BCUT2D eigenvalue weighted by Gasteiger charge is -2.30. The minimum absolute atomic E-state index is 0.000163. The Balaban J connectivity index is 1.65. The number of aromatic nitrogens is 2. The largest absolute Gasteiger partial charge is 0.351 e. The quantitative estimate of drug-likeness (QED) is 0.436. The number of nitrogens with one attached hydrogen (secondary N) is 1. The van der Waals surface area contributed by atoms with Gasteiger partial charge in [-0.15, -0.1) is 0 Å². The van der Waals surface area contributed by atoms with E-state index in [2.05, 4.69) is 78.9 Å². The number of pyridine rings is 1. The van der Waals surface area contributed by atoms with Crippen molar-refractivity contribution in [3.8, 4) is 0 Å². The van der Waals surface area contributed by atoms with Crippen LogP contribution in [-0.2, 0) is 0 Å². The van der Waals surface area contributed by atoms with E-state index < -0.39 is 0 Å². The first-order chi connectivity index (χ1) is 15.9. The average Bonchev–Trinajstić information content (AvgIpc) is 3.29. The molecular weight excluding hydrogens is 424 g/mol. The summed E-state index contributed by atoms with van der Waals surface area (Å²) in [5.74, 6) is 0. The highest BCUT2D eigenvalue weighted by Crippen LogP contribution is 2.44. The van der Waals surface area contributed by atoms with Crippen LogP contribution in [0.3, 0.4) is 0 Å². The Kier molecular flexibility index (Phi) is 6.00. The molecule has 1 aliphatic heterocycles. The Morgan fingerprint density at radius 2 is 1.67 bits per heavy atom. The van der Waals surface area contributed by atoms with Crippen molar-refractivity contribution in [3.05, 3.63) is 82.4 Å². The van der Waals surface area contributed by atoms with Crippen molar-refractivity contribution in [2.24, 2.45) is 0 Å². The molecule has 1 aliphatic carbocycles. The molecule has 3 aromatic rings. The Labute approximate surface area is 203 Å². The number of benzene rings is 1. The smallest absolute Gasteiger partial charge is 0.174 e. The highest BCUT2D eigenvalue weighted by atomic mass is 32.1. The third kappa shape index (κ3) is 4.08. The van der Waals surface area contributed by atoms with Crippen molar-refractivity contribution in [1.29, 1.82) is 0 Å². The molecule has 2 aromatic heterocycles. The van der Waals surface area contributed by atoms with Crippen molar-refractivity contribution in [2.45, 2.75) is 77.9 Å². The van der Waals surface area contributed by atoms with Crippen molar-refractivity contribution in [1.82, 2.24) is 14.9 Å². The highest BCUT2D eigenvalue weighted by Gasteiger charge is 2.42. The van der Waals surface area contributed by atoms with Crippen molar-refractivity contribution < 1.29 is 0 Å². The molecule has 4 nitrogen and oxygen atoms in total. The molecule has 1 aromatic carbocycles. The maximum absolute atomic E-state index is 5.95. The predicted molar refractivity (Wildman–Crippen MR) is 140 cm³/mol. The van der Waals surface area contributed by atoms with Crippen LogP contribution >= 0.6 is 12.2 Å². The molecule has 1 saturated heterocycles. The van der Waals surface area contributed by atoms with Crippen LogP contribution in [0, 0.1) is 27.7 Å². The molecule has 1 N–H and O–H groups in total. The lowest BCUT2D eigenvalue weighted by atomic mass is 9.94. The maximum atomic E-state index is 5.95. The molecule has 0 unspecified atom stereocenters. The molecule has 5 heteroatoms. The lowest BCUT2D eigenvalue weighted by molar-refractivity contribution is 0.345. The van der Waals surface area contributed by atoms with E-state index in [0.29, 0.717) is 6.04 Å². The van der Waals surface area contributed by atoms with E-state index >= 15 is 0 Å². The fourth-order valence-electron chi connectivity index (χ4n) is 6.04. The molecule has 0 bridgehead atoms. The van der Waals surface area contributed by atoms with Gasteiger partial charge in [0.1, 0.15) is 0 Å². The molecule has 5 rings (SSSR count). The molecule has 0 radical (unpaired) electrons. The number of hydrogen-bond acceptors (Lipinski definition) is 2. The van der Waals surface area contributed by atoms with Gasteiger partial charge in [0.25, 0.3) is 0 Å². The molecular formula is C28H34N4S. The van der Waals surface area contributed by atoms with E-state index in [4.69, 9.17) is 17.2 Å². The summed E-state index contributed by atoms with van der Waals surface area (Å²) in [6.07, 6.45) is 8.46.